The smallest absolute Gasteiger partial charge is 0.255 e. The number of fused-ring (bicyclic) bond motifs is 1. The van der Waals surface area contributed by atoms with Crippen molar-refractivity contribution in [2.45, 2.75) is 0 Å². The topological polar surface area (TPSA) is 46.3 Å². The van der Waals surface area contributed by atoms with Crippen LogP contribution in [0.15, 0.2) is 30.6 Å². The van der Waals surface area contributed by atoms with Crippen molar-refractivity contribution >= 4 is 34.8 Å². The largest absolute Gasteiger partial charge is 0.362 e. The van der Waals surface area contributed by atoms with Gasteiger partial charge in [0.2, 0.25) is 0 Å². The molecule has 0 radical (unpaired) electrons. The molecule has 20 heavy (non-hydrogen) atoms. The summed E-state index contributed by atoms with van der Waals surface area (Å²) in [6.45, 7) is 0. The van der Waals surface area contributed by atoms with Gasteiger partial charge in [0.15, 0.2) is 0 Å². The fourth-order valence-corrected chi connectivity index (χ4v) is 2.57. The molecule has 102 valence electrons. The van der Waals surface area contributed by atoms with Crippen LogP contribution in [0.3, 0.4) is 0 Å². The van der Waals surface area contributed by atoms with Gasteiger partial charge in [0, 0.05) is 19.1 Å². The highest BCUT2D eigenvalue weighted by Gasteiger charge is 2.18. The third-order valence-corrected chi connectivity index (χ3v) is 3.40. The summed E-state index contributed by atoms with van der Waals surface area (Å²) in [7, 11) is 3.83. The monoisotopic (exact) mass is 307 g/mol. The van der Waals surface area contributed by atoms with Gasteiger partial charge in [-0.05, 0) is 17.7 Å². The van der Waals surface area contributed by atoms with E-state index in [1.54, 1.807) is 4.52 Å². The van der Waals surface area contributed by atoms with E-state index in [1.807, 2.05) is 43.3 Å². The van der Waals surface area contributed by atoms with Crippen molar-refractivity contribution in [2.75, 3.05) is 19.0 Å². The van der Waals surface area contributed by atoms with E-state index < -0.39 is 0 Å². The summed E-state index contributed by atoms with van der Waals surface area (Å²) in [5.74, 6) is 1.27. The van der Waals surface area contributed by atoms with Crippen molar-refractivity contribution in [3.8, 4) is 11.1 Å². The Hall–Kier alpha value is -1.85. The highest BCUT2D eigenvalue weighted by Crippen LogP contribution is 2.36. The summed E-state index contributed by atoms with van der Waals surface area (Å²) >= 11 is 12.4. The maximum Gasteiger partial charge on any atom is 0.255 e. The molecule has 0 fully saturated rings. The molecule has 0 aliphatic heterocycles. The summed E-state index contributed by atoms with van der Waals surface area (Å²) in [6, 6.07) is 7.47. The van der Waals surface area contributed by atoms with Crippen LogP contribution in [0.1, 0.15) is 0 Å². The van der Waals surface area contributed by atoms with Gasteiger partial charge in [0.25, 0.3) is 5.78 Å². The van der Waals surface area contributed by atoms with Crippen molar-refractivity contribution in [2.24, 2.45) is 0 Å². The molecular weight excluding hydrogens is 297 g/mol. The summed E-state index contributed by atoms with van der Waals surface area (Å²) in [6.07, 6.45) is 1.45. The Morgan fingerprint density at radius 2 is 2.00 bits per heavy atom. The zero-order valence-electron chi connectivity index (χ0n) is 10.9. The number of hydrogen-bond donors (Lipinski definition) is 0. The Labute approximate surface area is 125 Å². The standard InChI is InChI=1S/C13H11Cl2N5/c1-19(2)12-10(8-4-3-5-9(14)6-8)11(15)18-13-16-7-17-20(12)13/h3-7H,1-2H3. The predicted octanol–water partition coefficient (Wildman–Crippen LogP) is 3.16. The average Bonchev–Trinajstić information content (AvgIpc) is 2.84. The molecule has 0 unspecified atom stereocenters. The van der Waals surface area contributed by atoms with Crippen LogP contribution in [0, 0.1) is 0 Å². The van der Waals surface area contributed by atoms with E-state index in [1.165, 1.54) is 6.33 Å². The molecule has 0 saturated carbocycles. The van der Waals surface area contributed by atoms with Crippen molar-refractivity contribution < 1.29 is 0 Å². The molecule has 0 spiro atoms. The van der Waals surface area contributed by atoms with Crippen molar-refractivity contribution in [1.29, 1.82) is 0 Å². The molecule has 0 aliphatic rings. The van der Waals surface area contributed by atoms with Gasteiger partial charge in [0.05, 0.1) is 5.56 Å². The SMILES string of the molecule is CN(C)c1c(-c2cccc(Cl)c2)c(Cl)nc2ncnn12. The maximum absolute atomic E-state index is 6.33. The zero-order valence-corrected chi connectivity index (χ0v) is 12.4. The first-order valence-corrected chi connectivity index (χ1v) is 6.66. The lowest BCUT2D eigenvalue weighted by atomic mass is 10.1. The maximum atomic E-state index is 6.33. The predicted molar refractivity (Wildman–Crippen MR) is 80.6 cm³/mol. The van der Waals surface area contributed by atoms with Gasteiger partial charge < -0.3 is 4.90 Å². The van der Waals surface area contributed by atoms with Gasteiger partial charge in [0.1, 0.15) is 17.3 Å². The van der Waals surface area contributed by atoms with E-state index in [2.05, 4.69) is 15.1 Å². The number of halogens is 2. The quantitative estimate of drug-likeness (QED) is 0.682. The van der Waals surface area contributed by atoms with Crippen LogP contribution in [0.25, 0.3) is 16.9 Å². The summed E-state index contributed by atoms with van der Waals surface area (Å²) in [5, 5.41) is 5.21. The number of aromatic nitrogens is 4. The van der Waals surface area contributed by atoms with Gasteiger partial charge in [-0.25, -0.2) is 0 Å². The molecule has 0 bridgehead atoms. The lowest BCUT2D eigenvalue weighted by Crippen LogP contribution is -2.16. The molecule has 0 aliphatic carbocycles. The van der Waals surface area contributed by atoms with Crippen LogP contribution in [-0.2, 0) is 0 Å². The fraction of sp³-hybridized carbons (Fsp3) is 0.154. The summed E-state index contributed by atoms with van der Waals surface area (Å²) < 4.78 is 1.65. The lowest BCUT2D eigenvalue weighted by Gasteiger charge is -2.19. The zero-order chi connectivity index (χ0) is 14.3. The van der Waals surface area contributed by atoms with Crippen LogP contribution in [0.4, 0.5) is 5.82 Å². The van der Waals surface area contributed by atoms with E-state index in [0.29, 0.717) is 16.0 Å². The molecule has 0 saturated heterocycles. The molecule has 5 nitrogen and oxygen atoms in total. The molecule has 3 aromatic rings. The van der Waals surface area contributed by atoms with Crippen LogP contribution in [0.5, 0.6) is 0 Å². The number of rotatable bonds is 2. The molecule has 0 N–H and O–H groups in total. The minimum absolute atomic E-state index is 0.372. The summed E-state index contributed by atoms with van der Waals surface area (Å²) in [4.78, 5) is 10.3. The Bertz CT molecular complexity index is 782. The van der Waals surface area contributed by atoms with Gasteiger partial charge in [-0.2, -0.15) is 19.6 Å². The van der Waals surface area contributed by atoms with E-state index in [0.717, 1.165) is 16.9 Å². The fourth-order valence-electron chi connectivity index (χ4n) is 2.11. The minimum atomic E-state index is 0.372. The second-order valence-corrected chi connectivity index (χ2v) is 5.27. The van der Waals surface area contributed by atoms with Gasteiger partial charge in [-0.15, -0.1) is 0 Å². The van der Waals surface area contributed by atoms with E-state index >= 15 is 0 Å². The molecule has 3 rings (SSSR count). The highest BCUT2D eigenvalue weighted by atomic mass is 35.5. The Morgan fingerprint density at radius 1 is 1.20 bits per heavy atom. The Morgan fingerprint density at radius 3 is 2.70 bits per heavy atom. The van der Waals surface area contributed by atoms with Crippen molar-refractivity contribution in [1.82, 2.24) is 19.6 Å². The molecule has 2 heterocycles. The molecule has 1 aromatic carbocycles. The highest BCUT2D eigenvalue weighted by molar-refractivity contribution is 6.33. The third-order valence-electron chi connectivity index (χ3n) is 2.90. The van der Waals surface area contributed by atoms with Crippen LogP contribution >= 0.6 is 23.2 Å². The Balaban J connectivity index is 2.39. The van der Waals surface area contributed by atoms with Crippen molar-refractivity contribution in [3.63, 3.8) is 0 Å². The first-order chi connectivity index (χ1) is 9.58. The molecule has 0 amide bonds. The second kappa shape index (κ2) is 4.92. The lowest BCUT2D eigenvalue weighted by molar-refractivity contribution is 0.898. The van der Waals surface area contributed by atoms with E-state index in [9.17, 15) is 0 Å². The molecule has 7 heteroatoms. The summed E-state index contributed by atoms with van der Waals surface area (Å²) in [5.41, 5.74) is 1.66. The number of anilines is 1. The van der Waals surface area contributed by atoms with Crippen molar-refractivity contribution in [3.05, 3.63) is 40.8 Å². The third kappa shape index (κ3) is 2.09. The first kappa shape index (κ1) is 13.1. The number of nitrogens with zero attached hydrogens (tertiary/aromatic N) is 5. The van der Waals surface area contributed by atoms with Crippen LogP contribution in [-0.4, -0.2) is 33.7 Å². The minimum Gasteiger partial charge on any atom is -0.362 e. The Kier molecular flexibility index (Phi) is 3.23. The second-order valence-electron chi connectivity index (χ2n) is 4.48. The number of benzene rings is 1. The van der Waals surface area contributed by atoms with E-state index in [4.69, 9.17) is 23.2 Å². The normalized spacial score (nSPS) is 11.0. The molecule has 0 atom stereocenters. The van der Waals surface area contributed by atoms with Gasteiger partial charge in [-0.3, -0.25) is 0 Å². The van der Waals surface area contributed by atoms with Gasteiger partial charge >= 0.3 is 0 Å². The average molecular weight is 308 g/mol. The first-order valence-electron chi connectivity index (χ1n) is 5.90. The molecular formula is C13H11Cl2N5. The van der Waals surface area contributed by atoms with Gasteiger partial charge in [-0.1, -0.05) is 35.3 Å². The number of hydrogen-bond acceptors (Lipinski definition) is 4. The van der Waals surface area contributed by atoms with E-state index in [-0.39, 0.29) is 0 Å². The van der Waals surface area contributed by atoms with Crippen LogP contribution < -0.4 is 4.90 Å². The molecule has 2 aromatic heterocycles. The van der Waals surface area contributed by atoms with Crippen LogP contribution in [0.2, 0.25) is 10.2 Å².